The van der Waals surface area contributed by atoms with E-state index in [0.29, 0.717) is 18.6 Å². The molecule has 2 rings (SSSR count). The highest BCUT2D eigenvalue weighted by atomic mass is 16.3. The van der Waals surface area contributed by atoms with Crippen LogP contribution in [0.25, 0.3) is 0 Å². The summed E-state index contributed by atoms with van der Waals surface area (Å²) in [7, 11) is 0. The van der Waals surface area contributed by atoms with Gasteiger partial charge in [-0.1, -0.05) is 6.42 Å². The Hall–Kier alpha value is -1.22. The molecule has 1 aliphatic carbocycles. The number of hydrogen-bond donors (Lipinski definition) is 3. The largest absolute Gasteiger partial charge is 0.397 e. The number of nitrogens with two attached hydrogens (primary N) is 1. The van der Waals surface area contributed by atoms with Crippen molar-refractivity contribution in [3.63, 3.8) is 0 Å². The third-order valence-corrected chi connectivity index (χ3v) is 4.07. The molecule has 0 spiro atoms. The second kappa shape index (κ2) is 5.61. The summed E-state index contributed by atoms with van der Waals surface area (Å²) in [6, 6.07) is 4.61. The molecule has 1 aromatic rings. The van der Waals surface area contributed by atoms with Crippen molar-refractivity contribution in [3.05, 3.63) is 23.3 Å². The summed E-state index contributed by atoms with van der Waals surface area (Å²) >= 11 is 0. The quantitative estimate of drug-likeness (QED) is 0.721. The minimum Gasteiger partial charge on any atom is -0.397 e. The van der Waals surface area contributed by atoms with E-state index in [0.717, 1.165) is 24.2 Å². The lowest BCUT2D eigenvalue weighted by atomic mass is 9.86. The number of benzene rings is 1. The topological polar surface area (TPSA) is 58.3 Å². The molecule has 3 nitrogen and oxygen atoms in total. The van der Waals surface area contributed by atoms with Gasteiger partial charge in [0.2, 0.25) is 0 Å². The van der Waals surface area contributed by atoms with E-state index in [9.17, 15) is 5.11 Å². The van der Waals surface area contributed by atoms with Crippen molar-refractivity contribution >= 4 is 11.4 Å². The molecule has 1 fully saturated rings. The van der Waals surface area contributed by atoms with Gasteiger partial charge in [-0.25, -0.2) is 0 Å². The second-order valence-electron chi connectivity index (χ2n) is 5.58. The van der Waals surface area contributed by atoms with Crippen molar-refractivity contribution in [2.45, 2.75) is 45.6 Å². The predicted molar refractivity (Wildman–Crippen MR) is 76.8 cm³/mol. The highest BCUT2D eigenvalue weighted by Crippen LogP contribution is 2.29. The van der Waals surface area contributed by atoms with Gasteiger partial charge in [0.1, 0.15) is 0 Å². The Bertz CT molecular complexity index is 417. The van der Waals surface area contributed by atoms with Gasteiger partial charge in [0.15, 0.2) is 0 Å². The number of hydrogen-bond acceptors (Lipinski definition) is 3. The number of anilines is 2. The zero-order valence-corrected chi connectivity index (χ0v) is 11.4. The fraction of sp³-hybridized carbons (Fsp3) is 0.600. The van der Waals surface area contributed by atoms with Crippen molar-refractivity contribution in [3.8, 4) is 0 Å². The highest BCUT2D eigenvalue weighted by molar-refractivity contribution is 5.68. The van der Waals surface area contributed by atoms with Gasteiger partial charge in [-0.05, 0) is 62.3 Å². The smallest absolute Gasteiger partial charge is 0.0578 e. The first-order chi connectivity index (χ1) is 8.60. The van der Waals surface area contributed by atoms with Gasteiger partial charge in [-0.15, -0.1) is 0 Å². The number of nitrogen functional groups attached to an aromatic ring is 1. The molecule has 3 heteroatoms. The highest BCUT2D eigenvalue weighted by Gasteiger charge is 2.21. The molecule has 2 unspecified atom stereocenters. The third-order valence-electron chi connectivity index (χ3n) is 4.07. The molecule has 0 aliphatic heterocycles. The molecule has 1 aliphatic rings. The van der Waals surface area contributed by atoms with E-state index < -0.39 is 0 Å². The second-order valence-corrected chi connectivity index (χ2v) is 5.58. The number of aliphatic hydroxyl groups excluding tert-OH is 1. The Balaban J connectivity index is 2.07. The molecule has 0 amide bonds. The summed E-state index contributed by atoms with van der Waals surface area (Å²) in [4.78, 5) is 0. The van der Waals surface area contributed by atoms with Crippen molar-refractivity contribution in [2.75, 3.05) is 17.7 Å². The maximum absolute atomic E-state index is 9.26. The molecule has 100 valence electrons. The maximum Gasteiger partial charge on any atom is 0.0578 e. The summed E-state index contributed by atoms with van der Waals surface area (Å²) in [6.45, 7) is 4.50. The zero-order chi connectivity index (χ0) is 13.1. The SMILES string of the molecule is Cc1cc(N)c(NC2CCCC(CO)C2)cc1C. The summed E-state index contributed by atoms with van der Waals surface area (Å²) in [5, 5.41) is 12.8. The van der Waals surface area contributed by atoms with Gasteiger partial charge >= 0.3 is 0 Å². The Morgan fingerprint density at radius 1 is 1.28 bits per heavy atom. The van der Waals surface area contributed by atoms with Crippen LogP contribution in [0.4, 0.5) is 11.4 Å². The first-order valence-electron chi connectivity index (χ1n) is 6.84. The van der Waals surface area contributed by atoms with Crippen LogP contribution in [0.3, 0.4) is 0 Å². The maximum atomic E-state index is 9.26. The lowest BCUT2D eigenvalue weighted by Crippen LogP contribution is -2.29. The molecule has 0 aromatic heterocycles. The van der Waals surface area contributed by atoms with Gasteiger partial charge in [-0.3, -0.25) is 0 Å². The molecule has 1 aromatic carbocycles. The predicted octanol–water partition coefficient (Wildman–Crippen LogP) is 2.85. The van der Waals surface area contributed by atoms with Crippen LogP contribution in [-0.4, -0.2) is 17.8 Å². The fourth-order valence-corrected chi connectivity index (χ4v) is 2.77. The molecule has 1 saturated carbocycles. The van der Waals surface area contributed by atoms with E-state index in [4.69, 9.17) is 5.73 Å². The third kappa shape index (κ3) is 2.96. The molecule has 0 bridgehead atoms. The zero-order valence-electron chi connectivity index (χ0n) is 11.4. The number of nitrogens with one attached hydrogen (secondary N) is 1. The molecule has 2 atom stereocenters. The lowest BCUT2D eigenvalue weighted by molar-refractivity contribution is 0.184. The van der Waals surface area contributed by atoms with Crippen LogP contribution in [-0.2, 0) is 0 Å². The minimum absolute atomic E-state index is 0.306. The summed E-state index contributed by atoms with van der Waals surface area (Å²) in [5.41, 5.74) is 10.4. The normalized spacial score (nSPS) is 23.9. The Kier molecular flexibility index (Phi) is 4.12. The van der Waals surface area contributed by atoms with Crippen LogP contribution in [0.5, 0.6) is 0 Å². The fourth-order valence-electron chi connectivity index (χ4n) is 2.77. The van der Waals surface area contributed by atoms with Crippen LogP contribution >= 0.6 is 0 Å². The standard InChI is InChI=1S/C15H24N2O/c1-10-6-14(16)15(7-11(10)2)17-13-5-3-4-12(8-13)9-18/h6-7,12-13,17-18H,3-5,8-9,16H2,1-2H3. The molecule has 4 N–H and O–H groups in total. The van der Waals surface area contributed by atoms with E-state index in [2.05, 4.69) is 25.2 Å². The van der Waals surface area contributed by atoms with Crippen LogP contribution in [0.1, 0.15) is 36.8 Å². The lowest BCUT2D eigenvalue weighted by Gasteiger charge is -2.30. The van der Waals surface area contributed by atoms with Crippen molar-refractivity contribution < 1.29 is 5.11 Å². The van der Waals surface area contributed by atoms with E-state index in [1.165, 1.54) is 24.0 Å². The van der Waals surface area contributed by atoms with Crippen molar-refractivity contribution in [1.29, 1.82) is 0 Å². The summed E-state index contributed by atoms with van der Waals surface area (Å²) < 4.78 is 0. The van der Waals surface area contributed by atoms with Gasteiger partial charge in [0.05, 0.1) is 11.4 Å². The van der Waals surface area contributed by atoms with E-state index in [1.807, 2.05) is 6.07 Å². The van der Waals surface area contributed by atoms with Crippen molar-refractivity contribution in [1.82, 2.24) is 0 Å². The van der Waals surface area contributed by atoms with Gasteiger partial charge in [0, 0.05) is 12.6 Å². The van der Waals surface area contributed by atoms with E-state index in [-0.39, 0.29) is 0 Å². The van der Waals surface area contributed by atoms with Crippen molar-refractivity contribution in [2.24, 2.45) is 5.92 Å². The average molecular weight is 248 g/mol. The first kappa shape index (κ1) is 13.2. The Labute approximate surface area is 109 Å². The average Bonchev–Trinajstić information content (AvgIpc) is 2.36. The molecule has 0 saturated heterocycles. The van der Waals surface area contributed by atoms with Gasteiger partial charge < -0.3 is 16.2 Å². The molecular formula is C15H24N2O. The van der Waals surface area contributed by atoms with Crippen LogP contribution in [0, 0.1) is 19.8 Å². The molecule has 0 radical (unpaired) electrons. The molecule has 0 heterocycles. The van der Waals surface area contributed by atoms with E-state index in [1.54, 1.807) is 0 Å². The first-order valence-corrected chi connectivity index (χ1v) is 6.84. The number of rotatable bonds is 3. The summed E-state index contributed by atoms with van der Waals surface area (Å²) in [6.07, 6.45) is 4.55. The molecule has 18 heavy (non-hydrogen) atoms. The van der Waals surface area contributed by atoms with Crippen LogP contribution in [0.2, 0.25) is 0 Å². The monoisotopic (exact) mass is 248 g/mol. The Morgan fingerprint density at radius 2 is 2.00 bits per heavy atom. The Morgan fingerprint density at radius 3 is 2.72 bits per heavy atom. The minimum atomic E-state index is 0.306. The summed E-state index contributed by atoms with van der Waals surface area (Å²) in [5.74, 6) is 0.448. The van der Waals surface area contributed by atoms with Gasteiger partial charge in [-0.2, -0.15) is 0 Å². The van der Waals surface area contributed by atoms with E-state index >= 15 is 0 Å². The van der Waals surface area contributed by atoms with Gasteiger partial charge in [0.25, 0.3) is 0 Å². The van der Waals surface area contributed by atoms with Crippen LogP contribution in [0.15, 0.2) is 12.1 Å². The number of aryl methyl sites for hydroxylation is 2. The number of aliphatic hydroxyl groups is 1. The molecular weight excluding hydrogens is 224 g/mol. The van der Waals surface area contributed by atoms with Crippen LogP contribution < -0.4 is 11.1 Å².